The van der Waals surface area contributed by atoms with Crippen LogP contribution >= 0.6 is 11.3 Å². The lowest BCUT2D eigenvalue weighted by molar-refractivity contribution is -0.120. The van der Waals surface area contributed by atoms with Gasteiger partial charge in [0.05, 0.1) is 10.7 Å². The minimum atomic E-state index is -0.902. The summed E-state index contributed by atoms with van der Waals surface area (Å²) < 4.78 is 5.71. The van der Waals surface area contributed by atoms with Crippen LogP contribution in [0.4, 0.5) is 0 Å². The fourth-order valence-electron chi connectivity index (χ4n) is 2.54. The van der Waals surface area contributed by atoms with Gasteiger partial charge in [-0.25, -0.2) is 4.98 Å². The van der Waals surface area contributed by atoms with Crippen LogP contribution in [0.25, 0.3) is 0 Å². The molecular weight excluding hydrogens is 362 g/mol. The molecule has 0 aliphatic carbocycles. The van der Waals surface area contributed by atoms with Gasteiger partial charge in [0, 0.05) is 10.9 Å². The normalized spacial score (nSPS) is 11.6. The molecule has 0 radical (unpaired) electrons. The van der Waals surface area contributed by atoms with E-state index in [-0.39, 0.29) is 0 Å². The van der Waals surface area contributed by atoms with Crippen molar-refractivity contribution in [3.05, 3.63) is 81.8 Å². The highest BCUT2D eigenvalue weighted by molar-refractivity contribution is 7.09. The Hall–Kier alpha value is -3.19. The zero-order valence-corrected chi connectivity index (χ0v) is 15.5. The Labute approximate surface area is 161 Å². The van der Waals surface area contributed by atoms with Gasteiger partial charge in [-0.15, -0.1) is 11.3 Å². The van der Waals surface area contributed by atoms with Crippen LogP contribution < -0.4 is 15.8 Å². The average Bonchev–Trinajstić information content (AvgIpc) is 3.10. The standard InChI is InChI=1S/C20H19N3O3S/c1-13-22-16(12-27-13)11-26-17-9-5-8-15(10-17)20(25)23-18(19(21)24)14-6-3-2-4-7-14/h2-10,12,18H,11H2,1H3,(H2,21,24)(H,23,25). The monoisotopic (exact) mass is 381 g/mol. The second-order valence-electron chi connectivity index (χ2n) is 5.89. The molecule has 0 fully saturated rings. The number of thiazole rings is 1. The number of nitrogens with zero attached hydrogens (tertiary/aromatic N) is 1. The molecular formula is C20H19N3O3S. The maximum Gasteiger partial charge on any atom is 0.252 e. The third-order valence-electron chi connectivity index (χ3n) is 3.84. The zero-order valence-electron chi connectivity index (χ0n) is 14.7. The van der Waals surface area contributed by atoms with E-state index in [1.807, 2.05) is 18.4 Å². The number of ether oxygens (including phenoxy) is 1. The van der Waals surface area contributed by atoms with Crippen LogP contribution in [0.2, 0.25) is 0 Å². The summed E-state index contributed by atoms with van der Waals surface area (Å²) in [6.07, 6.45) is 0. The molecule has 27 heavy (non-hydrogen) atoms. The molecule has 1 aromatic heterocycles. The summed E-state index contributed by atoms with van der Waals surface area (Å²) in [7, 11) is 0. The first-order chi connectivity index (χ1) is 13.0. The number of nitrogens with one attached hydrogen (secondary N) is 1. The van der Waals surface area contributed by atoms with E-state index in [4.69, 9.17) is 10.5 Å². The zero-order chi connectivity index (χ0) is 19.2. The summed E-state index contributed by atoms with van der Waals surface area (Å²) in [5, 5.41) is 5.58. The highest BCUT2D eigenvalue weighted by Crippen LogP contribution is 2.18. The largest absolute Gasteiger partial charge is 0.487 e. The minimum absolute atomic E-state index is 0.323. The van der Waals surface area contributed by atoms with Gasteiger partial charge in [0.25, 0.3) is 5.91 Å². The van der Waals surface area contributed by atoms with Gasteiger partial charge in [-0.2, -0.15) is 0 Å². The van der Waals surface area contributed by atoms with Crippen LogP contribution in [0.15, 0.2) is 60.0 Å². The van der Waals surface area contributed by atoms with E-state index in [1.165, 1.54) is 0 Å². The van der Waals surface area contributed by atoms with Crippen molar-refractivity contribution in [1.82, 2.24) is 10.3 Å². The number of carbonyl (C=O) groups is 2. The fourth-order valence-corrected chi connectivity index (χ4v) is 3.13. The summed E-state index contributed by atoms with van der Waals surface area (Å²) in [5.41, 5.74) is 7.30. The summed E-state index contributed by atoms with van der Waals surface area (Å²) in [4.78, 5) is 28.7. The number of primary amides is 1. The van der Waals surface area contributed by atoms with E-state index in [0.29, 0.717) is 23.5 Å². The van der Waals surface area contributed by atoms with Crippen molar-refractivity contribution in [3.63, 3.8) is 0 Å². The second kappa shape index (κ2) is 8.46. The average molecular weight is 381 g/mol. The number of hydrogen-bond donors (Lipinski definition) is 2. The number of benzene rings is 2. The molecule has 0 spiro atoms. The highest BCUT2D eigenvalue weighted by atomic mass is 32.1. The Balaban J connectivity index is 1.69. The van der Waals surface area contributed by atoms with Gasteiger partial charge >= 0.3 is 0 Å². The van der Waals surface area contributed by atoms with Crippen LogP contribution in [0.3, 0.4) is 0 Å². The Morgan fingerprint density at radius 3 is 2.63 bits per heavy atom. The molecule has 0 aliphatic rings. The molecule has 1 unspecified atom stereocenters. The molecule has 0 bridgehead atoms. The topological polar surface area (TPSA) is 94.3 Å². The first kappa shape index (κ1) is 18.6. The number of aromatic nitrogens is 1. The minimum Gasteiger partial charge on any atom is -0.487 e. The van der Waals surface area contributed by atoms with Gasteiger partial charge < -0.3 is 15.8 Å². The van der Waals surface area contributed by atoms with E-state index in [0.717, 1.165) is 10.7 Å². The van der Waals surface area contributed by atoms with Gasteiger partial charge in [-0.05, 0) is 30.7 Å². The number of hydrogen-bond acceptors (Lipinski definition) is 5. The van der Waals surface area contributed by atoms with Crippen LogP contribution in [0, 0.1) is 6.92 Å². The number of carbonyl (C=O) groups excluding carboxylic acids is 2. The molecule has 0 saturated heterocycles. The Bertz CT molecular complexity index is 940. The Kier molecular flexibility index (Phi) is 5.83. The summed E-state index contributed by atoms with van der Waals surface area (Å²) in [5.74, 6) is -0.484. The van der Waals surface area contributed by atoms with Crippen molar-refractivity contribution >= 4 is 23.2 Å². The van der Waals surface area contributed by atoms with E-state index in [1.54, 1.807) is 59.9 Å². The molecule has 2 aromatic carbocycles. The van der Waals surface area contributed by atoms with Gasteiger partial charge in [-0.1, -0.05) is 36.4 Å². The lowest BCUT2D eigenvalue weighted by Gasteiger charge is -2.16. The lowest BCUT2D eigenvalue weighted by atomic mass is 10.1. The molecule has 3 rings (SSSR count). The number of amides is 2. The first-order valence-corrected chi connectivity index (χ1v) is 9.20. The second-order valence-corrected chi connectivity index (χ2v) is 6.96. The summed E-state index contributed by atoms with van der Waals surface area (Å²) in [6.45, 7) is 2.25. The molecule has 3 aromatic rings. The third-order valence-corrected chi connectivity index (χ3v) is 4.66. The van der Waals surface area contributed by atoms with Crippen molar-refractivity contribution in [2.45, 2.75) is 19.6 Å². The van der Waals surface area contributed by atoms with Crippen molar-refractivity contribution in [2.75, 3.05) is 0 Å². The SMILES string of the molecule is Cc1nc(COc2cccc(C(=O)NC(C(N)=O)c3ccccc3)c2)cs1. The van der Waals surface area contributed by atoms with Crippen LogP contribution in [-0.4, -0.2) is 16.8 Å². The molecule has 0 saturated carbocycles. The van der Waals surface area contributed by atoms with Gasteiger partial charge in [0.1, 0.15) is 18.4 Å². The number of nitrogens with two attached hydrogens (primary N) is 1. The smallest absolute Gasteiger partial charge is 0.252 e. The van der Waals surface area contributed by atoms with Crippen LogP contribution in [0.1, 0.15) is 32.7 Å². The lowest BCUT2D eigenvalue weighted by Crippen LogP contribution is -2.37. The van der Waals surface area contributed by atoms with Crippen molar-refractivity contribution in [3.8, 4) is 5.75 Å². The predicted octanol–water partition coefficient (Wildman–Crippen LogP) is 2.99. The van der Waals surface area contributed by atoms with Crippen molar-refractivity contribution in [2.24, 2.45) is 5.73 Å². The highest BCUT2D eigenvalue weighted by Gasteiger charge is 2.21. The summed E-state index contributed by atoms with van der Waals surface area (Å²) >= 11 is 1.56. The number of aryl methyl sites for hydroxylation is 1. The maximum atomic E-state index is 12.6. The third kappa shape index (κ3) is 4.92. The molecule has 0 aliphatic heterocycles. The molecule has 138 valence electrons. The Morgan fingerprint density at radius 2 is 1.96 bits per heavy atom. The molecule has 1 atom stereocenters. The van der Waals surface area contributed by atoms with Gasteiger partial charge in [0.15, 0.2) is 0 Å². The quantitative estimate of drug-likeness (QED) is 0.658. The molecule has 2 amide bonds. The number of rotatable bonds is 7. The Morgan fingerprint density at radius 1 is 1.19 bits per heavy atom. The van der Waals surface area contributed by atoms with Gasteiger partial charge in [-0.3, -0.25) is 9.59 Å². The van der Waals surface area contributed by atoms with Crippen molar-refractivity contribution in [1.29, 1.82) is 0 Å². The molecule has 3 N–H and O–H groups in total. The predicted molar refractivity (Wildman–Crippen MR) is 103 cm³/mol. The van der Waals surface area contributed by atoms with E-state index in [9.17, 15) is 9.59 Å². The van der Waals surface area contributed by atoms with Crippen molar-refractivity contribution < 1.29 is 14.3 Å². The first-order valence-electron chi connectivity index (χ1n) is 8.32. The molecule has 7 heteroatoms. The van der Waals surface area contributed by atoms with Crippen LogP contribution in [0.5, 0.6) is 5.75 Å². The van der Waals surface area contributed by atoms with E-state index < -0.39 is 17.9 Å². The van der Waals surface area contributed by atoms with E-state index in [2.05, 4.69) is 10.3 Å². The summed E-state index contributed by atoms with van der Waals surface area (Å²) in [6, 6.07) is 14.7. The van der Waals surface area contributed by atoms with Crippen LogP contribution in [-0.2, 0) is 11.4 Å². The maximum absolute atomic E-state index is 12.6. The fraction of sp³-hybridized carbons (Fsp3) is 0.150. The molecule has 6 nitrogen and oxygen atoms in total. The van der Waals surface area contributed by atoms with Gasteiger partial charge in [0.2, 0.25) is 5.91 Å². The van der Waals surface area contributed by atoms with E-state index >= 15 is 0 Å². The molecule has 1 heterocycles.